The molecule has 0 aliphatic rings. The molecule has 5 heteroatoms. The van der Waals surface area contributed by atoms with E-state index in [4.69, 9.17) is 0 Å². The summed E-state index contributed by atoms with van der Waals surface area (Å²) in [7, 11) is 0. The third-order valence-corrected chi connectivity index (χ3v) is 5.27. The molecule has 0 aliphatic heterocycles. The fourth-order valence-electron chi connectivity index (χ4n) is 0.983. The van der Waals surface area contributed by atoms with Crippen LogP contribution in [0.5, 0.6) is 0 Å². The van der Waals surface area contributed by atoms with Crippen LogP contribution in [0, 0.1) is 3.70 Å². The van der Waals surface area contributed by atoms with Crippen LogP contribution < -0.4 is 17.2 Å². The summed E-state index contributed by atoms with van der Waals surface area (Å²) in [5, 5.41) is 8.11. The maximum atomic E-state index is 4.07. The number of nitrogens with zero attached hydrogens (tertiary/aromatic N) is 3. The van der Waals surface area contributed by atoms with Crippen molar-refractivity contribution in [2.75, 3.05) is 0 Å². The molecule has 2 aromatic rings. The van der Waals surface area contributed by atoms with E-state index < -0.39 is 0 Å². The Balaban J connectivity index is 2.36. The Labute approximate surface area is 96.0 Å². The Morgan fingerprint density at radius 2 is 2.00 bits per heavy atom. The maximum absolute atomic E-state index is 4.07. The monoisotopic (exact) mass is 398 g/mol. The first-order valence-corrected chi connectivity index (χ1v) is 11.0. The molecule has 0 bridgehead atoms. The van der Waals surface area contributed by atoms with Crippen LogP contribution in [0.4, 0.5) is 0 Å². The van der Waals surface area contributed by atoms with Gasteiger partial charge < -0.3 is 0 Å². The first-order chi connectivity index (χ1) is 6.40. The Morgan fingerprint density at radius 3 is 2.62 bits per heavy atom. The van der Waals surface area contributed by atoms with Gasteiger partial charge in [0.1, 0.15) is 0 Å². The fourth-order valence-corrected chi connectivity index (χ4v) is 2.78. The van der Waals surface area contributed by atoms with E-state index in [1.54, 1.807) is 0 Å². The Bertz CT molecular complexity index is 385. The van der Waals surface area contributed by atoms with Crippen molar-refractivity contribution < 1.29 is 17.2 Å². The Kier molecular flexibility index (Phi) is 3.14. The van der Waals surface area contributed by atoms with E-state index in [2.05, 4.69) is 28.9 Å². The Hall–Kier alpha value is -0.180. The third-order valence-electron chi connectivity index (χ3n) is 1.56. The predicted octanol–water partition coefficient (Wildman–Crippen LogP) is -1.12. The van der Waals surface area contributed by atoms with Crippen molar-refractivity contribution in [3.8, 4) is 5.69 Å². The van der Waals surface area contributed by atoms with E-state index in [0.717, 1.165) is 9.39 Å². The number of benzene rings is 1. The first kappa shape index (κ1) is 9.38. The van der Waals surface area contributed by atoms with Gasteiger partial charge in [-0.2, -0.15) is 0 Å². The molecule has 2 rings (SSSR count). The van der Waals surface area contributed by atoms with Crippen molar-refractivity contribution in [3.63, 3.8) is 0 Å². The molecule has 3 nitrogen and oxygen atoms in total. The zero-order valence-electron chi connectivity index (χ0n) is 6.56. The summed E-state index contributed by atoms with van der Waals surface area (Å²) >= 11 is 2.39. The second-order valence-electron chi connectivity index (χ2n) is 2.39. The first-order valence-electron chi connectivity index (χ1n) is 3.64. The van der Waals surface area contributed by atoms with Gasteiger partial charge in [0.25, 0.3) is 0 Å². The molecule has 1 heterocycles. The standard InChI is InChI=1S/C8H6I2N3/c9-10-8-6-13(12-11-8)7-4-2-1-3-5-7/h1-6H/q-1. The molecule has 0 atom stereocenters. The number of aromatic nitrogens is 3. The van der Waals surface area contributed by atoms with Crippen molar-refractivity contribution >= 4 is 18.6 Å². The van der Waals surface area contributed by atoms with Gasteiger partial charge in [0.15, 0.2) is 0 Å². The van der Waals surface area contributed by atoms with Crippen LogP contribution in [-0.2, 0) is 0 Å². The predicted molar refractivity (Wildman–Crippen MR) is 54.1 cm³/mol. The molecule has 0 radical (unpaired) electrons. The van der Waals surface area contributed by atoms with Crippen LogP contribution in [0.1, 0.15) is 0 Å². The summed E-state index contributed by atoms with van der Waals surface area (Å²) < 4.78 is 2.93. The molecular formula is C8H6I2N3-. The number of rotatable bonds is 2. The zero-order chi connectivity index (χ0) is 9.10. The van der Waals surface area contributed by atoms with Crippen molar-refractivity contribution in [1.29, 1.82) is 0 Å². The third kappa shape index (κ3) is 2.19. The molecule has 0 N–H and O–H groups in total. The second-order valence-corrected chi connectivity index (χ2v) is 6.64. The number of para-hydroxylation sites is 1. The molecule has 1 aromatic heterocycles. The van der Waals surface area contributed by atoms with Crippen molar-refractivity contribution in [2.45, 2.75) is 0 Å². The second kappa shape index (κ2) is 4.36. The Morgan fingerprint density at radius 1 is 1.23 bits per heavy atom. The molecule has 68 valence electrons. The minimum atomic E-state index is 0.0138. The minimum absolute atomic E-state index is 0.0138. The molecular weight excluding hydrogens is 392 g/mol. The van der Waals surface area contributed by atoms with Crippen LogP contribution in [0.3, 0.4) is 0 Å². The topological polar surface area (TPSA) is 30.7 Å². The number of hydrogen-bond donors (Lipinski definition) is 0. The normalized spacial score (nSPS) is 10.5. The summed E-state index contributed by atoms with van der Waals surface area (Å²) in [6, 6.07) is 10.0. The number of halogens is 2. The van der Waals surface area contributed by atoms with E-state index in [1.165, 1.54) is 0 Å². The molecule has 1 aromatic carbocycles. The van der Waals surface area contributed by atoms with Gasteiger partial charge >= 0.3 is 96.8 Å². The summed E-state index contributed by atoms with van der Waals surface area (Å²) in [5.41, 5.74) is 1.06. The van der Waals surface area contributed by atoms with E-state index in [1.807, 2.05) is 41.2 Å². The summed E-state index contributed by atoms with van der Waals surface area (Å²) in [6.45, 7) is 0. The van der Waals surface area contributed by atoms with Crippen molar-refractivity contribution in [1.82, 2.24) is 15.0 Å². The van der Waals surface area contributed by atoms with E-state index in [9.17, 15) is 0 Å². The van der Waals surface area contributed by atoms with Crippen molar-refractivity contribution in [3.05, 3.63) is 40.2 Å². The average molecular weight is 398 g/mol. The molecule has 0 spiro atoms. The van der Waals surface area contributed by atoms with Crippen LogP contribution >= 0.6 is 18.6 Å². The average Bonchev–Trinajstić information content (AvgIpc) is 2.67. The molecule has 0 aliphatic carbocycles. The fraction of sp³-hybridized carbons (Fsp3) is 0. The van der Waals surface area contributed by atoms with Gasteiger partial charge in [-0.05, 0) is 0 Å². The van der Waals surface area contributed by atoms with Gasteiger partial charge in [0.05, 0.1) is 0 Å². The van der Waals surface area contributed by atoms with Gasteiger partial charge in [-0.15, -0.1) is 0 Å². The van der Waals surface area contributed by atoms with Crippen LogP contribution in [-0.4, -0.2) is 15.0 Å². The van der Waals surface area contributed by atoms with Crippen molar-refractivity contribution in [2.24, 2.45) is 0 Å². The zero-order valence-corrected chi connectivity index (χ0v) is 10.9. The van der Waals surface area contributed by atoms with E-state index >= 15 is 0 Å². The molecule has 13 heavy (non-hydrogen) atoms. The van der Waals surface area contributed by atoms with Crippen LogP contribution in [0.15, 0.2) is 36.5 Å². The van der Waals surface area contributed by atoms with Crippen LogP contribution in [0.25, 0.3) is 5.69 Å². The van der Waals surface area contributed by atoms with Gasteiger partial charge in [-0.1, -0.05) is 0 Å². The SMILES string of the molecule is I[I-]c1cn(-c2ccccc2)nn1. The molecule has 0 saturated heterocycles. The summed E-state index contributed by atoms with van der Waals surface area (Å²) in [6.07, 6.45) is 2.00. The molecule has 0 fully saturated rings. The molecule has 0 unspecified atom stereocenters. The van der Waals surface area contributed by atoms with E-state index in [0.29, 0.717) is 0 Å². The number of hydrogen-bond acceptors (Lipinski definition) is 2. The van der Waals surface area contributed by atoms with Gasteiger partial charge in [-0.25, -0.2) is 0 Å². The van der Waals surface area contributed by atoms with Gasteiger partial charge in [0, 0.05) is 0 Å². The molecule has 0 saturated carbocycles. The quantitative estimate of drug-likeness (QED) is 0.601. The summed E-state index contributed by atoms with van der Waals surface area (Å²) in [5.74, 6) is 0. The summed E-state index contributed by atoms with van der Waals surface area (Å²) in [4.78, 5) is 0. The van der Waals surface area contributed by atoms with Gasteiger partial charge in [-0.3, -0.25) is 0 Å². The van der Waals surface area contributed by atoms with Gasteiger partial charge in [0.2, 0.25) is 0 Å². The van der Waals surface area contributed by atoms with Crippen LogP contribution in [0.2, 0.25) is 0 Å². The van der Waals surface area contributed by atoms with E-state index in [-0.39, 0.29) is 17.2 Å². The molecule has 0 amide bonds.